The number of nitrogens with one attached hydrogen (secondary N) is 1. The molecular weight excluding hydrogens is 448 g/mol. The van der Waals surface area contributed by atoms with E-state index in [9.17, 15) is 19.5 Å². The van der Waals surface area contributed by atoms with Crippen LogP contribution in [0.15, 0.2) is 48.5 Å². The molecule has 184 valence electrons. The minimum Gasteiger partial charge on any atom is -0.479 e. The summed E-state index contributed by atoms with van der Waals surface area (Å²) in [5, 5.41) is 12.4. The van der Waals surface area contributed by atoms with Crippen molar-refractivity contribution in [2.75, 3.05) is 26.8 Å². The number of hydrogen-bond donors (Lipinski definition) is 2. The molecule has 0 aromatic heterocycles. The molecule has 5 rings (SSSR count). The van der Waals surface area contributed by atoms with Crippen LogP contribution in [-0.2, 0) is 19.1 Å². The summed E-state index contributed by atoms with van der Waals surface area (Å²) in [5.74, 6) is -1.18. The minimum atomic E-state index is -1.05. The molecule has 2 aromatic rings. The number of ether oxygens (including phenoxy) is 2. The number of carbonyl (C=O) groups excluding carboxylic acids is 2. The standard InChI is InChI=1S/C27H30N2O6/c1-34-18(13-24(30)29-12-6-7-17-14-27(17,29)25(31)32)15-28-26(33)35-16-23-21-10-4-2-8-19(21)20-9-3-5-11-22(20)23/h2-5,8-11,17-18,23H,6-7,12-16H2,1H3,(H,28,33)(H,31,32)/t17-,18?,27+/m0/s1. The number of piperidine rings is 1. The number of carbonyl (C=O) groups is 3. The van der Waals surface area contributed by atoms with Crippen molar-refractivity contribution in [1.82, 2.24) is 10.2 Å². The fourth-order valence-electron chi connectivity index (χ4n) is 5.80. The van der Waals surface area contributed by atoms with Crippen molar-refractivity contribution >= 4 is 18.0 Å². The summed E-state index contributed by atoms with van der Waals surface area (Å²) < 4.78 is 11.0. The molecule has 1 aliphatic heterocycles. The second kappa shape index (κ2) is 9.34. The van der Waals surface area contributed by atoms with Crippen molar-refractivity contribution < 1.29 is 29.0 Å². The fourth-order valence-corrected chi connectivity index (χ4v) is 5.80. The van der Waals surface area contributed by atoms with E-state index in [1.54, 1.807) is 0 Å². The zero-order valence-electron chi connectivity index (χ0n) is 19.7. The highest BCUT2D eigenvalue weighted by Gasteiger charge is 2.66. The largest absolute Gasteiger partial charge is 0.479 e. The third kappa shape index (κ3) is 4.16. The molecule has 8 nitrogen and oxygen atoms in total. The van der Waals surface area contributed by atoms with E-state index in [-0.39, 0.29) is 37.3 Å². The quantitative estimate of drug-likeness (QED) is 0.603. The third-order valence-electron chi connectivity index (χ3n) is 7.71. The van der Waals surface area contributed by atoms with Crippen molar-refractivity contribution in [3.05, 3.63) is 59.7 Å². The van der Waals surface area contributed by atoms with Crippen LogP contribution >= 0.6 is 0 Å². The number of alkyl carbamates (subject to hydrolysis) is 1. The molecule has 2 N–H and O–H groups in total. The highest BCUT2D eigenvalue weighted by Crippen LogP contribution is 2.54. The van der Waals surface area contributed by atoms with E-state index in [0.717, 1.165) is 35.1 Å². The Labute approximate surface area is 204 Å². The zero-order valence-corrected chi connectivity index (χ0v) is 19.7. The summed E-state index contributed by atoms with van der Waals surface area (Å²) in [6, 6.07) is 16.2. The Bertz CT molecular complexity index is 1100. The molecule has 8 heteroatoms. The van der Waals surface area contributed by atoms with Gasteiger partial charge in [-0.15, -0.1) is 0 Å². The molecule has 35 heavy (non-hydrogen) atoms. The topological polar surface area (TPSA) is 105 Å². The van der Waals surface area contributed by atoms with Gasteiger partial charge in [-0.2, -0.15) is 0 Å². The minimum absolute atomic E-state index is 0.00189. The summed E-state index contributed by atoms with van der Waals surface area (Å²) in [7, 11) is 1.47. The number of hydrogen-bond acceptors (Lipinski definition) is 5. The van der Waals surface area contributed by atoms with Gasteiger partial charge < -0.3 is 24.8 Å². The number of carboxylic acid groups (broad SMARTS) is 1. The number of fused-ring (bicyclic) bond motifs is 4. The monoisotopic (exact) mass is 478 g/mol. The Morgan fingerprint density at radius 1 is 1.11 bits per heavy atom. The average molecular weight is 479 g/mol. The number of amides is 2. The van der Waals surface area contributed by atoms with Crippen LogP contribution in [-0.4, -0.2) is 66.4 Å². The number of methoxy groups -OCH3 is 1. The van der Waals surface area contributed by atoms with Gasteiger partial charge in [-0.25, -0.2) is 9.59 Å². The van der Waals surface area contributed by atoms with E-state index in [0.29, 0.717) is 13.0 Å². The summed E-state index contributed by atoms with van der Waals surface area (Å²) >= 11 is 0. The normalized spacial score (nSPS) is 23.0. The maximum absolute atomic E-state index is 12.9. The van der Waals surface area contributed by atoms with Gasteiger partial charge in [0.05, 0.1) is 12.5 Å². The molecular formula is C27H30N2O6. The number of benzene rings is 2. The number of carboxylic acids is 1. The van der Waals surface area contributed by atoms with E-state index in [1.807, 2.05) is 24.3 Å². The summed E-state index contributed by atoms with van der Waals surface area (Å²) in [5.41, 5.74) is 3.53. The van der Waals surface area contributed by atoms with Crippen molar-refractivity contribution in [3.8, 4) is 11.1 Å². The molecule has 3 aliphatic rings. The molecule has 0 bridgehead atoms. The van der Waals surface area contributed by atoms with Gasteiger partial charge in [0.2, 0.25) is 5.91 Å². The number of likely N-dealkylation sites (tertiary alicyclic amines) is 1. The lowest BCUT2D eigenvalue weighted by molar-refractivity contribution is -0.155. The molecule has 3 atom stereocenters. The van der Waals surface area contributed by atoms with Crippen molar-refractivity contribution in [2.24, 2.45) is 5.92 Å². The van der Waals surface area contributed by atoms with E-state index in [4.69, 9.17) is 9.47 Å². The van der Waals surface area contributed by atoms with Crippen LogP contribution in [0.3, 0.4) is 0 Å². The Kier molecular flexibility index (Phi) is 6.23. The first-order chi connectivity index (χ1) is 17.0. The number of rotatable bonds is 8. The van der Waals surface area contributed by atoms with Crippen LogP contribution in [0, 0.1) is 5.92 Å². The van der Waals surface area contributed by atoms with Crippen LogP contribution in [0.5, 0.6) is 0 Å². The average Bonchev–Trinajstić information content (AvgIpc) is 3.56. The second-order valence-electron chi connectivity index (χ2n) is 9.59. The molecule has 2 fully saturated rings. The molecule has 0 radical (unpaired) electrons. The van der Waals surface area contributed by atoms with Crippen molar-refractivity contribution in [3.63, 3.8) is 0 Å². The summed E-state index contributed by atoms with van der Waals surface area (Å²) in [4.78, 5) is 38.7. The van der Waals surface area contributed by atoms with E-state index in [2.05, 4.69) is 29.6 Å². The van der Waals surface area contributed by atoms with Crippen LogP contribution in [0.2, 0.25) is 0 Å². The maximum Gasteiger partial charge on any atom is 0.407 e. The van der Waals surface area contributed by atoms with Gasteiger partial charge in [-0.05, 0) is 47.4 Å². The lowest BCUT2D eigenvalue weighted by Crippen LogP contribution is -2.52. The van der Waals surface area contributed by atoms with Gasteiger partial charge >= 0.3 is 12.1 Å². The van der Waals surface area contributed by atoms with Crippen LogP contribution in [0.1, 0.15) is 42.7 Å². The predicted octanol–water partition coefficient (Wildman–Crippen LogP) is 3.40. The maximum atomic E-state index is 12.9. The number of nitrogens with zero attached hydrogens (tertiary/aromatic N) is 1. The Morgan fingerprint density at radius 3 is 2.40 bits per heavy atom. The van der Waals surface area contributed by atoms with Crippen LogP contribution in [0.25, 0.3) is 11.1 Å². The van der Waals surface area contributed by atoms with Gasteiger partial charge in [0.25, 0.3) is 0 Å². The van der Waals surface area contributed by atoms with Crippen molar-refractivity contribution in [1.29, 1.82) is 0 Å². The van der Waals surface area contributed by atoms with Gasteiger partial charge in [-0.3, -0.25) is 4.79 Å². The molecule has 2 amide bonds. The first kappa shape index (κ1) is 23.4. The first-order valence-electron chi connectivity index (χ1n) is 12.1. The first-order valence-corrected chi connectivity index (χ1v) is 12.1. The van der Waals surface area contributed by atoms with Crippen LogP contribution < -0.4 is 5.32 Å². The second-order valence-corrected chi connectivity index (χ2v) is 9.59. The molecule has 1 unspecified atom stereocenters. The molecule has 0 spiro atoms. The van der Waals surface area contributed by atoms with Gasteiger partial charge in [-0.1, -0.05) is 48.5 Å². The molecule has 1 heterocycles. The van der Waals surface area contributed by atoms with E-state index in [1.165, 1.54) is 12.0 Å². The zero-order chi connectivity index (χ0) is 24.6. The third-order valence-corrected chi connectivity index (χ3v) is 7.71. The van der Waals surface area contributed by atoms with E-state index < -0.39 is 23.7 Å². The Morgan fingerprint density at radius 2 is 1.77 bits per heavy atom. The van der Waals surface area contributed by atoms with E-state index >= 15 is 0 Å². The summed E-state index contributed by atoms with van der Waals surface area (Å²) in [6.07, 6.45) is 1.01. The highest BCUT2D eigenvalue weighted by atomic mass is 16.5. The molecule has 2 aliphatic carbocycles. The van der Waals surface area contributed by atoms with Gasteiger partial charge in [0.1, 0.15) is 12.1 Å². The highest BCUT2D eigenvalue weighted by molar-refractivity contribution is 5.91. The lowest BCUT2D eigenvalue weighted by Gasteiger charge is -2.34. The Hall–Kier alpha value is -3.39. The summed E-state index contributed by atoms with van der Waals surface area (Å²) in [6.45, 7) is 0.737. The SMILES string of the molecule is COC(CNC(=O)OCC1c2ccccc2-c2ccccc21)CC(=O)N1CCC[C@H]2C[C@]21C(=O)O. The molecule has 1 saturated heterocycles. The molecule has 1 saturated carbocycles. The lowest BCUT2D eigenvalue weighted by atomic mass is 9.98. The van der Waals surface area contributed by atoms with Crippen LogP contribution in [0.4, 0.5) is 4.79 Å². The fraction of sp³-hybridized carbons (Fsp3) is 0.444. The van der Waals surface area contributed by atoms with Gasteiger partial charge in [0.15, 0.2) is 0 Å². The predicted molar refractivity (Wildman–Crippen MR) is 128 cm³/mol. The van der Waals surface area contributed by atoms with Crippen molar-refractivity contribution in [2.45, 2.75) is 43.2 Å². The molecule has 2 aromatic carbocycles. The van der Waals surface area contributed by atoms with Gasteiger partial charge in [0, 0.05) is 26.1 Å². The smallest absolute Gasteiger partial charge is 0.407 e. The Balaban J connectivity index is 1.15. The number of aliphatic carboxylic acids is 1.